The molecule has 3 N–H and O–H groups in total. The van der Waals surface area contributed by atoms with E-state index in [0.717, 1.165) is 43.2 Å². The second-order valence-corrected chi connectivity index (χ2v) is 4.20. The summed E-state index contributed by atoms with van der Waals surface area (Å²) in [5.41, 5.74) is 7.64. The lowest BCUT2D eigenvalue weighted by atomic mass is 10.1. The minimum absolute atomic E-state index is 0.566. The number of nitrogen functional groups attached to an aromatic ring is 1. The monoisotopic (exact) mass is 245 g/mol. The highest BCUT2D eigenvalue weighted by Gasteiger charge is 2.12. The van der Waals surface area contributed by atoms with Crippen molar-refractivity contribution < 1.29 is 4.74 Å². The van der Waals surface area contributed by atoms with Gasteiger partial charge in [0, 0.05) is 30.4 Å². The molecule has 6 nitrogen and oxygen atoms in total. The van der Waals surface area contributed by atoms with E-state index in [1.807, 2.05) is 18.3 Å². The van der Waals surface area contributed by atoms with Gasteiger partial charge >= 0.3 is 0 Å². The van der Waals surface area contributed by atoms with Crippen molar-refractivity contribution in [2.24, 2.45) is 0 Å². The standard InChI is InChI=1S/C12H15N5O/c13-12-10(8-15-16-12)9-1-2-11(14-7-9)17-3-5-18-6-4-17/h1-2,7-8H,3-6H2,(H3,13,15,16). The molecule has 1 aliphatic heterocycles. The van der Waals surface area contributed by atoms with E-state index in [1.54, 1.807) is 6.20 Å². The quantitative estimate of drug-likeness (QED) is 0.821. The number of morpholine rings is 1. The zero-order valence-electron chi connectivity index (χ0n) is 9.97. The van der Waals surface area contributed by atoms with E-state index in [1.165, 1.54) is 0 Å². The molecule has 2 aromatic rings. The largest absolute Gasteiger partial charge is 0.384 e. The number of hydrogen-bond donors (Lipinski definition) is 2. The number of nitrogens with zero attached hydrogens (tertiary/aromatic N) is 3. The number of anilines is 2. The highest BCUT2D eigenvalue weighted by molar-refractivity contribution is 5.72. The highest BCUT2D eigenvalue weighted by Crippen LogP contribution is 2.24. The molecule has 1 saturated heterocycles. The van der Waals surface area contributed by atoms with Gasteiger partial charge in [0.15, 0.2) is 0 Å². The molecule has 0 radical (unpaired) electrons. The van der Waals surface area contributed by atoms with Crippen LogP contribution < -0.4 is 10.6 Å². The van der Waals surface area contributed by atoms with Crippen molar-refractivity contribution >= 4 is 11.6 Å². The van der Waals surface area contributed by atoms with Crippen LogP contribution in [-0.4, -0.2) is 41.5 Å². The van der Waals surface area contributed by atoms with Crippen molar-refractivity contribution in [3.05, 3.63) is 24.5 Å². The minimum atomic E-state index is 0.566. The van der Waals surface area contributed by atoms with Crippen LogP contribution in [0.25, 0.3) is 11.1 Å². The molecule has 2 aromatic heterocycles. The van der Waals surface area contributed by atoms with E-state index in [-0.39, 0.29) is 0 Å². The number of hydrogen-bond acceptors (Lipinski definition) is 5. The van der Waals surface area contributed by atoms with Gasteiger partial charge in [-0.25, -0.2) is 4.98 Å². The van der Waals surface area contributed by atoms with E-state index in [4.69, 9.17) is 10.5 Å². The predicted octanol–water partition coefficient (Wildman–Crippen LogP) is 0.890. The molecule has 0 amide bonds. The first kappa shape index (κ1) is 11.0. The van der Waals surface area contributed by atoms with E-state index in [2.05, 4.69) is 20.1 Å². The summed E-state index contributed by atoms with van der Waals surface area (Å²) < 4.78 is 5.32. The molecular weight excluding hydrogens is 230 g/mol. The smallest absolute Gasteiger partial charge is 0.128 e. The minimum Gasteiger partial charge on any atom is -0.384 e. The number of pyridine rings is 1. The van der Waals surface area contributed by atoms with Crippen LogP contribution in [0, 0.1) is 0 Å². The topological polar surface area (TPSA) is 80.1 Å². The first-order chi connectivity index (χ1) is 8.84. The van der Waals surface area contributed by atoms with Gasteiger partial charge in [-0.2, -0.15) is 5.10 Å². The van der Waals surface area contributed by atoms with Crippen LogP contribution in [0.1, 0.15) is 0 Å². The fourth-order valence-electron chi connectivity index (χ4n) is 2.05. The van der Waals surface area contributed by atoms with Gasteiger partial charge in [0.1, 0.15) is 11.6 Å². The third kappa shape index (κ3) is 2.02. The number of H-pyrrole nitrogens is 1. The molecule has 3 rings (SSSR count). The Labute approximate surface area is 105 Å². The van der Waals surface area contributed by atoms with Crippen molar-refractivity contribution in [1.82, 2.24) is 15.2 Å². The summed E-state index contributed by atoms with van der Waals surface area (Å²) >= 11 is 0. The lowest BCUT2D eigenvalue weighted by Gasteiger charge is -2.27. The molecule has 3 heterocycles. The highest BCUT2D eigenvalue weighted by atomic mass is 16.5. The zero-order valence-corrected chi connectivity index (χ0v) is 9.97. The Bertz CT molecular complexity index is 516. The summed E-state index contributed by atoms with van der Waals surface area (Å²) in [7, 11) is 0. The van der Waals surface area contributed by atoms with Crippen molar-refractivity contribution in [3.63, 3.8) is 0 Å². The summed E-state index contributed by atoms with van der Waals surface area (Å²) in [5.74, 6) is 1.54. The number of aromatic nitrogens is 3. The van der Waals surface area contributed by atoms with Crippen LogP contribution in [-0.2, 0) is 4.74 Å². The van der Waals surface area contributed by atoms with Crippen molar-refractivity contribution in [2.45, 2.75) is 0 Å². The maximum atomic E-state index is 5.78. The molecule has 0 atom stereocenters. The first-order valence-electron chi connectivity index (χ1n) is 5.92. The van der Waals surface area contributed by atoms with E-state index < -0.39 is 0 Å². The van der Waals surface area contributed by atoms with Gasteiger partial charge in [-0.3, -0.25) is 5.10 Å². The SMILES string of the molecule is Nc1[nH]ncc1-c1ccc(N2CCOCC2)nc1. The molecule has 0 unspecified atom stereocenters. The van der Waals surface area contributed by atoms with E-state index in [9.17, 15) is 0 Å². The van der Waals surface area contributed by atoms with Crippen LogP contribution in [0.2, 0.25) is 0 Å². The third-order valence-corrected chi connectivity index (χ3v) is 3.06. The number of rotatable bonds is 2. The maximum Gasteiger partial charge on any atom is 0.128 e. The van der Waals surface area contributed by atoms with Crippen molar-refractivity contribution in [2.75, 3.05) is 36.9 Å². The summed E-state index contributed by atoms with van der Waals surface area (Å²) in [6.45, 7) is 3.30. The Kier molecular flexibility index (Phi) is 2.85. The Morgan fingerprint density at radius 1 is 1.22 bits per heavy atom. The fraction of sp³-hybridized carbons (Fsp3) is 0.333. The van der Waals surface area contributed by atoms with Crippen LogP contribution >= 0.6 is 0 Å². The summed E-state index contributed by atoms with van der Waals surface area (Å²) in [5, 5.41) is 6.62. The molecule has 0 spiro atoms. The molecule has 6 heteroatoms. The predicted molar refractivity (Wildman–Crippen MR) is 69.3 cm³/mol. The van der Waals surface area contributed by atoms with Gasteiger partial charge in [-0.05, 0) is 12.1 Å². The fourth-order valence-corrected chi connectivity index (χ4v) is 2.05. The third-order valence-electron chi connectivity index (χ3n) is 3.06. The molecule has 18 heavy (non-hydrogen) atoms. The van der Waals surface area contributed by atoms with Gasteiger partial charge in [0.25, 0.3) is 0 Å². The lowest BCUT2D eigenvalue weighted by molar-refractivity contribution is 0.122. The summed E-state index contributed by atoms with van der Waals surface area (Å²) in [6.07, 6.45) is 3.53. The maximum absolute atomic E-state index is 5.78. The van der Waals surface area contributed by atoms with Gasteiger partial charge in [-0.1, -0.05) is 0 Å². The molecule has 0 aromatic carbocycles. The Balaban J connectivity index is 1.82. The second kappa shape index (κ2) is 4.66. The van der Waals surface area contributed by atoms with E-state index in [0.29, 0.717) is 5.82 Å². The lowest BCUT2D eigenvalue weighted by Crippen LogP contribution is -2.36. The van der Waals surface area contributed by atoms with Gasteiger partial charge < -0.3 is 15.4 Å². The molecule has 1 aliphatic rings. The molecule has 0 bridgehead atoms. The Morgan fingerprint density at radius 2 is 2.06 bits per heavy atom. The normalized spacial score (nSPS) is 15.9. The summed E-state index contributed by atoms with van der Waals surface area (Å²) in [4.78, 5) is 6.69. The van der Waals surface area contributed by atoms with Gasteiger partial charge in [0.2, 0.25) is 0 Å². The number of ether oxygens (including phenoxy) is 1. The Hall–Kier alpha value is -2.08. The van der Waals surface area contributed by atoms with E-state index >= 15 is 0 Å². The average molecular weight is 245 g/mol. The van der Waals surface area contributed by atoms with Gasteiger partial charge in [-0.15, -0.1) is 0 Å². The van der Waals surface area contributed by atoms with Crippen molar-refractivity contribution in [1.29, 1.82) is 0 Å². The van der Waals surface area contributed by atoms with Crippen LogP contribution in [0.5, 0.6) is 0 Å². The van der Waals surface area contributed by atoms with Crippen LogP contribution in [0.15, 0.2) is 24.5 Å². The number of nitrogens with two attached hydrogens (primary N) is 1. The molecule has 1 fully saturated rings. The first-order valence-corrected chi connectivity index (χ1v) is 5.92. The van der Waals surface area contributed by atoms with Gasteiger partial charge in [0.05, 0.1) is 19.4 Å². The van der Waals surface area contributed by atoms with Crippen molar-refractivity contribution in [3.8, 4) is 11.1 Å². The molecular formula is C12H15N5O. The second-order valence-electron chi connectivity index (χ2n) is 4.20. The Morgan fingerprint density at radius 3 is 2.67 bits per heavy atom. The summed E-state index contributed by atoms with van der Waals surface area (Å²) in [6, 6.07) is 4.02. The average Bonchev–Trinajstić information content (AvgIpc) is 2.86. The number of nitrogens with one attached hydrogen (secondary N) is 1. The molecule has 0 saturated carbocycles. The van der Waals surface area contributed by atoms with Crippen LogP contribution in [0.3, 0.4) is 0 Å². The molecule has 0 aliphatic carbocycles. The molecule has 94 valence electrons. The van der Waals surface area contributed by atoms with Crippen LogP contribution in [0.4, 0.5) is 11.6 Å². The number of aromatic amines is 1. The zero-order chi connectivity index (χ0) is 12.4.